The van der Waals surface area contributed by atoms with Gasteiger partial charge in [0.1, 0.15) is 11.1 Å². The molecule has 1 aromatic heterocycles. The van der Waals surface area contributed by atoms with Gasteiger partial charge in [0, 0.05) is 0 Å². The molecule has 0 unspecified atom stereocenters. The van der Waals surface area contributed by atoms with E-state index in [1.54, 1.807) is 13.8 Å². The van der Waals surface area contributed by atoms with E-state index in [1.165, 1.54) is 6.07 Å². The Morgan fingerprint density at radius 1 is 1.35 bits per heavy atom. The van der Waals surface area contributed by atoms with Crippen molar-refractivity contribution in [2.75, 3.05) is 5.32 Å². The van der Waals surface area contributed by atoms with Crippen molar-refractivity contribution in [3.05, 3.63) is 51.4 Å². The van der Waals surface area contributed by atoms with Crippen molar-refractivity contribution in [1.29, 1.82) is 0 Å². The summed E-state index contributed by atoms with van der Waals surface area (Å²) in [6, 6.07) is 3.04. The van der Waals surface area contributed by atoms with Crippen molar-refractivity contribution in [1.82, 2.24) is 9.78 Å². The van der Waals surface area contributed by atoms with Gasteiger partial charge >= 0.3 is 12.1 Å². The van der Waals surface area contributed by atoms with Crippen LogP contribution in [0.3, 0.4) is 0 Å². The van der Waals surface area contributed by atoms with E-state index in [1.807, 2.05) is 0 Å². The maximum absolute atomic E-state index is 12.8. The zero-order chi connectivity index (χ0) is 19.6. The zero-order valence-corrected chi connectivity index (χ0v) is 14.5. The second-order valence-corrected chi connectivity index (χ2v) is 6.22. The molecule has 1 heterocycles. The van der Waals surface area contributed by atoms with Crippen molar-refractivity contribution in [2.45, 2.75) is 26.1 Å². The first kappa shape index (κ1) is 19.8. The lowest BCUT2D eigenvalue weighted by Gasteiger charge is -2.19. The highest BCUT2D eigenvalue weighted by Crippen LogP contribution is 2.30. The highest BCUT2D eigenvalue weighted by atomic mass is 35.5. The first-order valence-electron chi connectivity index (χ1n) is 7.47. The smallest absolute Gasteiger partial charge is 0.416 e. The van der Waals surface area contributed by atoms with Crippen molar-refractivity contribution in [3.8, 4) is 5.69 Å². The minimum Gasteiger partial charge on any atom is -0.480 e. The second-order valence-electron chi connectivity index (χ2n) is 5.84. The molecule has 0 fully saturated rings. The summed E-state index contributed by atoms with van der Waals surface area (Å²) in [4.78, 5) is 23.6. The summed E-state index contributed by atoms with van der Waals surface area (Å²) in [7, 11) is 0. The molecular weight excluding hydrogens is 375 g/mol. The largest absolute Gasteiger partial charge is 0.480 e. The summed E-state index contributed by atoms with van der Waals surface area (Å²) < 4.78 is 39.2. The van der Waals surface area contributed by atoms with Crippen molar-refractivity contribution < 1.29 is 23.1 Å². The standard InChI is InChI=1S/C16H15ClF3N3O3/c1-8(2)13(15(25)26)22-11-7-21-23(14(24)12(11)17)10-5-3-4-9(6-10)16(18,19)20/h3-8,13,22H,1-2H3,(H,25,26)/t13-/m1/s1. The van der Waals surface area contributed by atoms with Crippen LogP contribution in [-0.2, 0) is 11.0 Å². The Morgan fingerprint density at radius 3 is 2.54 bits per heavy atom. The van der Waals surface area contributed by atoms with Gasteiger partial charge < -0.3 is 10.4 Å². The fourth-order valence-electron chi connectivity index (χ4n) is 2.21. The number of benzene rings is 1. The van der Waals surface area contributed by atoms with Gasteiger partial charge in [-0.25, -0.2) is 4.79 Å². The molecule has 0 amide bonds. The highest BCUT2D eigenvalue weighted by Gasteiger charge is 2.31. The summed E-state index contributed by atoms with van der Waals surface area (Å²) in [5.74, 6) is -1.45. The number of alkyl halides is 3. The fourth-order valence-corrected chi connectivity index (χ4v) is 2.40. The van der Waals surface area contributed by atoms with Gasteiger partial charge in [0.2, 0.25) is 0 Å². The molecular formula is C16H15ClF3N3O3. The molecule has 2 rings (SSSR count). The Balaban J connectivity index is 2.45. The molecule has 6 nitrogen and oxygen atoms in total. The molecule has 0 aliphatic heterocycles. The Kier molecular flexibility index (Phi) is 5.60. The van der Waals surface area contributed by atoms with Gasteiger partial charge in [0.05, 0.1) is 23.1 Å². The van der Waals surface area contributed by atoms with Gasteiger partial charge in [-0.1, -0.05) is 31.5 Å². The normalized spacial score (nSPS) is 12.9. The minimum atomic E-state index is -4.57. The second kappa shape index (κ2) is 7.36. The number of nitrogens with zero attached hydrogens (tertiary/aromatic N) is 2. The van der Waals surface area contributed by atoms with E-state index in [4.69, 9.17) is 11.6 Å². The van der Waals surface area contributed by atoms with Crippen LogP contribution >= 0.6 is 11.6 Å². The maximum atomic E-state index is 12.8. The number of halogens is 4. The third-order valence-electron chi connectivity index (χ3n) is 3.58. The fraction of sp³-hybridized carbons (Fsp3) is 0.312. The number of carboxylic acid groups (broad SMARTS) is 1. The Hall–Kier alpha value is -2.55. The van der Waals surface area contributed by atoms with E-state index >= 15 is 0 Å². The molecule has 0 saturated heterocycles. The predicted octanol–water partition coefficient (Wildman–Crippen LogP) is 3.43. The number of hydrogen-bond donors (Lipinski definition) is 2. The van der Waals surface area contributed by atoms with Crippen LogP contribution in [0.1, 0.15) is 19.4 Å². The number of anilines is 1. The third kappa shape index (κ3) is 4.16. The number of aliphatic carboxylic acids is 1. The molecule has 1 aromatic carbocycles. The first-order chi connectivity index (χ1) is 12.0. The quantitative estimate of drug-likeness (QED) is 0.818. The molecule has 0 radical (unpaired) electrons. The Labute approximate surface area is 151 Å². The molecule has 1 atom stereocenters. The van der Waals surface area contributed by atoms with Crippen molar-refractivity contribution in [2.24, 2.45) is 5.92 Å². The zero-order valence-electron chi connectivity index (χ0n) is 13.7. The van der Waals surface area contributed by atoms with Crippen LogP contribution in [0, 0.1) is 5.92 Å². The Bertz CT molecular complexity index is 881. The molecule has 2 N–H and O–H groups in total. The summed E-state index contributed by atoms with van der Waals surface area (Å²) in [6.07, 6.45) is -3.47. The van der Waals surface area contributed by atoms with Crippen LogP contribution in [-0.4, -0.2) is 26.9 Å². The van der Waals surface area contributed by atoms with Crippen LogP contribution in [0.15, 0.2) is 35.3 Å². The van der Waals surface area contributed by atoms with Crippen molar-refractivity contribution in [3.63, 3.8) is 0 Å². The van der Waals surface area contributed by atoms with Gasteiger partial charge in [-0.05, 0) is 24.1 Å². The molecule has 0 aliphatic rings. The van der Waals surface area contributed by atoms with Crippen molar-refractivity contribution >= 4 is 23.3 Å². The van der Waals surface area contributed by atoms with Crippen LogP contribution in [0.5, 0.6) is 0 Å². The number of aromatic nitrogens is 2. The van der Waals surface area contributed by atoms with Crippen LogP contribution < -0.4 is 10.9 Å². The number of rotatable bonds is 5. The molecule has 2 aromatic rings. The third-order valence-corrected chi connectivity index (χ3v) is 3.95. The van der Waals surface area contributed by atoms with Crippen LogP contribution in [0.25, 0.3) is 5.69 Å². The number of hydrogen-bond acceptors (Lipinski definition) is 4. The SMILES string of the molecule is CC(C)[C@@H](Nc1cnn(-c2cccc(C(F)(F)F)c2)c(=O)c1Cl)C(=O)O. The molecule has 0 aliphatic carbocycles. The molecule has 0 bridgehead atoms. The number of nitrogens with one attached hydrogen (secondary N) is 1. The minimum absolute atomic E-state index is 0.0130. The summed E-state index contributed by atoms with van der Waals surface area (Å²) >= 11 is 5.98. The lowest BCUT2D eigenvalue weighted by Crippen LogP contribution is -2.35. The Morgan fingerprint density at radius 2 is 2.00 bits per heavy atom. The summed E-state index contributed by atoms with van der Waals surface area (Å²) in [5, 5.41) is 15.2. The first-order valence-corrected chi connectivity index (χ1v) is 7.85. The highest BCUT2D eigenvalue weighted by molar-refractivity contribution is 6.33. The molecule has 10 heteroatoms. The van der Waals surface area contributed by atoms with Gasteiger partial charge in [0.25, 0.3) is 5.56 Å². The maximum Gasteiger partial charge on any atom is 0.416 e. The summed E-state index contributed by atoms with van der Waals surface area (Å²) in [6.45, 7) is 3.33. The molecule has 0 saturated carbocycles. The van der Waals surface area contributed by atoms with E-state index in [9.17, 15) is 27.9 Å². The average molecular weight is 390 g/mol. The molecule has 26 heavy (non-hydrogen) atoms. The predicted molar refractivity (Wildman–Crippen MR) is 89.7 cm³/mol. The molecule has 140 valence electrons. The van der Waals surface area contributed by atoms with Gasteiger partial charge in [-0.2, -0.15) is 23.0 Å². The van der Waals surface area contributed by atoms with E-state index in [-0.39, 0.29) is 22.3 Å². The van der Waals surface area contributed by atoms with Crippen LogP contribution in [0.2, 0.25) is 5.02 Å². The van der Waals surface area contributed by atoms with Gasteiger partial charge in [-0.15, -0.1) is 0 Å². The topological polar surface area (TPSA) is 84.2 Å². The lowest BCUT2D eigenvalue weighted by molar-refractivity contribution is -0.139. The van der Waals surface area contributed by atoms with E-state index < -0.39 is 29.3 Å². The van der Waals surface area contributed by atoms with E-state index in [2.05, 4.69) is 10.4 Å². The lowest BCUT2D eigenvalue weighted by atomic mass is 10.0. The van der Waals surface area contributed by atoms with Gasteiger partial charge in [-0.3, -0.25) is 4.79 Å². The summed E-state index contributed by atoms with van der Waals surface area (Å²) in [5.41, 5.74) is -1.94. The van der Waals surface area contributed by atoms with E-state index in [0.29, 0.717) is 4.68 Å². The number of carboxylic acids is 1. The number of carbonyl (C=O) groups is 1. The molecule has 0 spiro atoms. The monoisotopic (exact) mass is 389 g/mol. The van der Waals surface area contributed by atoms with E-state index in [0.717, 1.165) is 24.4 Å². The van der Waals surface area contributed by atoms with Gasteiger partial charge in [0.15, 0.2) is 0 Å². The average Bonchev–Trinajstić information content (AvgIpc) is 2.55. The van der Waals surface area contributed by atoms with Crippen LogP contribution in [0.4, 0.5) is 18.9 Å².